The molecule has 2 fully saturated rings. The minimum absolute atomic E-state index is 0.0612. The fourth-order valence-corrected chi connectivity index (χ4v) is 8.18. The maximum absolute atomic E-state index is 14.1. The van der Waals surface area contributed by atoms with E-state index in [4.69, 9.17) is 52.1 Å². The zero-order valence-corrected chi connectivity index (χ0v) is 40.4. The van der Waals surface area contributed by atoms with Gasteiger partial charge >= 0.3 is 41.8 Å². The third kappa shape index (κ3) is 13.5. The van der Waals surface area contributed by atoms with Gasteiger partial charge < -0.3 is 52.1 Å². The van der Waals surface area contributed by atoms with Crippen LogP contribution in [0.25, 0.3) is 0 Å². The lowest BCUT2D eigenvalue weighted by Crippen LogP contribution is -2.65. The monoisotopic (exact) mass is 1020 g/mol. The lowest BCUT2D eigenvalue weighted by atomic mass is 9.96. The first-order valence-electron chi connectivity index (χ1n) is 23.6. The minimum Gasteiger partial charge on any atom is -0.459 e. The number of carbonyl (C=O) groups excluding carboxylic acids is 7. The molecule has 0 N–H and O–H groups in total. The van der Waals surface area contributed by atoms with Crippen LogP contribution in [0, 0.1) is 0 Å². The van der Waals surface area contributed by atoms with Crippen molar-refractivity contribution in [2.24, 2.45) is 0 Å². The summed E-state index contributed by atoms with van der Waals surface area (Å²) >= 11 is 0. The zero-order chi connectivity index (χ0) is 52.7. The number of carbonyl (C=O) groups is 7. The van der Waals surface area contributed by atoms with E-state index < -0.39 is 116 Å². The highest BCUT2D eigenvalue weighted by Gasteiger charge is 2.56. The van der Waals surface area contributed by atoms with Gasteiger partial charge in [-0.15, -0.1) is 0 Å². The summed E-state index contributed by atoms with van der Waals surface area (Å²) in [5.74, 6) is -6.25. The Morgan fingerprint density at radius 2 is 0.627 bits per heavy atom. The van der Waals surface area contributed by atoms with Crippen molar-refractivity contribution in [2.75, 3.05) is 20.3 Å². The topological polar surface area (TPSA) is 221 Å². The highest BCUT2D eigenvalue weighted by atomic mass is 16.8. The van der Waals surface area contributed by atoms with Crippen LogP contribution in [-0.4, -0.2) is 124 Å². The average molecular weight is 1020 g/mol. The van der Waals surface area contributed by atoms with Crippen LogP contribution in [0.4, 0.5) is 0 Å². The molecule has 2 aliphatic heterocycles. The normalized spacial score (nSPS) is 23.0. The van der Waals surface area contributed by atoms with E-state index in [1.165, 1.54) is 79.9 Å². The molecule has 0 amide bonds. The summed E-state index contributed by atoms with van der Waals surface area (Å²) in [6.45, 7) is -0.277. The van der Waals surface area contributed by atoms with Crippen molar-refractivity contribution in [1.82, 2.24) is 0 Å². The Labute approximate surface area is 430 Å². The molecule has 18 nitrogen and oxygen atoms in total. The minimum atomic E-state index is -1.80. The number of hydrogen-bond acceptors (Lipinski definition) is 18. The van der Waals surface area contributed by atoms with Gasteiger partial charge in [0.05, 0.1) is 40.0 Å². The lowest BCUT2D eigenvalue weighted by molar-refractivity contribution is -0.327. The van der Waals surface area contributed by atoms with E-state index in [9.17, 15) is 33.6 Å². The van der Waals surface area contributed by atoms with Gasteiger partial charge in [-0.1, -0.05) is 109 Å². The van der Waals surface area contributed by atoms with E-state index in [2.05, 4.69) is 0 Å². The maximum Gasteiger partial charge on any atom is 0.338 e. The largest absolute Gasteiger partial charge is 0.459 e. The van der Waals surface area contributed by atoms with Gasteiger partial charge in [0.2, 0.25) is 0 Å². The predicted molar refractivity (Wildman–Crippen MR) is 261 cm³/mol. The van der Waals surface area contributed by atoms with E-state index in [0.717, 1.165) is 6.92 Å². The third-order valence-electron chi connectivity index (χ3n) is 11.8. The second kappa shape index (κ2) is 25.4. The first-order valence-corrected chi connectivity index (χ1v) is 23.6. The fraction of sp³-hybridized carbons (Fsp3) is 0.246. The molecule has 6 aromatic rings. The van der Waals surface area contributed by atoms with Crippen LogP contribution >= 0.6 is 0 Å². The summed E-state index contributed by atoms with van der Waals surface area (Å²) in [6, 6.07) is 47.2. The van der Waals surface area contributed by atoms with Crippen molar-refractivity contribution >= 4 is 41.8 Å². The van der Waals surface area contributed by atoms with Crippen LogP contribution in [0.5, 0.6) is 0 Å². The molecule has 6 aromatic carbocycles. The van der Waals surface area contributed by atoms with Crippen molar-refractivity contribution < 1.29 is 85.7 Å². The maximum atomic E-state index is 14.1. The molecule has 386 valence electrons. The molecule has 10 atom stereocenters. The molecule has 0 aromatic heterocycles. The van der Waals surface area contributed by atoms with Gasteiger partial charge in [-0.25, -0.2) is 28.8 Å². The molecule has 2 heterocycles. The number of ether oxygens (including phenoxy) is 11. The van der Waals surface area contributed by atoms with Gasteiger partial charge in [-0.05, 0) is 72.8 Å². The molecule has 0 radical (unpaired) electrons. The van der Waals surface area contributed by atoms with E-state index >= 15 is 0 Å². The molecule has 2 aliphatic rings. The Hall–Kier alpha value is -8.55. The molecule has 75 heavy (non-hydrogen) atoms. The van der Waals surface area contributed by atoms with Crippen molar-refractivity contribution in [1.29, 1.82) is 0 Å². The number of rotatable bonds is 18. The van der Waals surface area contributed by atoms with Gasteiger partial charge in [0.15, 0.2) is 49.2 Å². The van der Waals surface area contributed by atoms with Gasteiger partial charge in [0.25, 0.3) is 0 Å². The standard InChI is InChI=1S/C57H50O18/c1-35(58)68-49-47(74-54(63)40-29-17-7-18-30-40)44(71-51(60)37-23-11-4-12-24-37)42(33-66-50(59)36-21-9-3-10-22-36)70-57(49)67-34-43-45(72-52(61)38-25-13-5-14-26-38)46(73-53(62)39-27-15-6-16-28-39)48(56(65-2)69-43)75-55(64)41-31-19-8-20-32-41/h3-32,42-49,56-57H,33-34H2,1-2H3/t42-,43-,44-,45-,46+,47+,48+,49+,56+,57+/m1/s1. The molecular formula is C57H50O18. The van der Waals surface area contributed by atoms with Crippen LogP contribution in [0.2, 0.25) is 0 Å². The Bertz CT molecular complexity index is 2870. The predicted octanol–water partition coefficient (Wildman–Crippen LogP) is 7.02. The SMILES string of the molecule is CO[C@H]1O[C@H](CO[C@H]2O[C@H](COC(=O)c3ccccc3)[C@@H](OC(=O)c3ccccc3)[C@H](OC(=O)c3ccccc3)[C@@H]2OC(C)=O)[C@@H](OC(=O)c2ccccc2)[C@H](OC(=O)c2ccccc2)[C@@H]1OC(=O)c1ccccc1. The molecule has 0 unspecified atom stereocenters. The zero-order valence-electron chi connectivity index (χ0n) is 40.4. The number of hydrogen-bond donors (Lipinski definition) is 0. The second-order valence-corrected chi connectivity index (χ2v) is 16.9. The Morgan fingerprint density at radius 1 is 0.347 bits per heavy atom. The van der Waals surface area contributed by atoms with Crippen molar-refractivity contribution in [3.05, 3.63) is 215 Å². The molecule has 8 rings (SSSR count). The molecule has 0 aliphatic carbocycles. The number of methoxy groups -OCH3 is 1. The Balaban J connectivity index is 1.18. The van der Waals surface area contributed by atoms with E-state index in [-0.39, 0.29) is 33.4 Å². The molecule has 0 saturated carbocycles. The van der Waals surface area contributed by atoms with E-state index in [1.807, 2.05) is 0 Å². The average Bonchev–Trinajstić information content (AvgIpc) is 3.45. The molecular weight excluding hydrogens is 973 g/mol. The van der Waals surface area contributed by atoms with E-state index in [1.54, 1.807) is 109 Å². The van der Waals surface area contributed by atoms with Gasteiger partial charge in [-0.2, -0.15) is 0 Å². The second-order valence-electron chi connectivity index (χ2n) is 16.9. The van der Waals surface area contributed by atoms with Crippen LogP contribution in [0.3, 0.4) is 0 Å². The third-order valence-corrected chi connectivity index (χ3v) is 11.8. The lowest BCUT2D eigenvalue weighted by Gasteiger charge is -2.46. The molecule has 2 saturated heterocycles. The van der Waals surface area contributed by atoms with Crippen LogP contribution < -0.4 is 0 Å². The van der Waals surface area contributed by atoms with Crippen LogP contribution in [-0.2, 0) is 56.9 Å². The Kier molecular flexibility index (Phi) is 17.9. The number of esters is 7. The highest BCUT2D eigenvalue weighted by Crippen LogP contribution is 2.35. The Morgan fingerprint density at radius 3 is 0.960 bits per heavy atom. The fourth-order valence-electron chi connectivity index (χ4n) is 8.18. The van der Waals surface area contributed by atoms with Crippen molar-refractivity contribution in [3.63, 3.8) is 0 Å². The first-order chi connectivity index (χ1) is 36.5. The van der Waals surface area contributed by atoms with Gasteiger partial charge in [0, 0.05) is 14.0 Å². The molecule has 18 heteroatoms. The summed E-state index contributed by atoms with van der Waals surface area (Å²) in [5.41, 5.74) is 0.595. The summed E-state index contributed by atoms with van der Waals surface area (Å²) in [6.07, 6.45) is -16.5. The van der Waals surface area contributed by atoms with Gasteiger partial charge in [0.1, 0.15) is 18.8 Å². The highest BCUT2D eigenvalue weighted by molar-refractivity contribution is 5.92. The van der Waals surface area contributed by atoms with Gasteiger partial charge in [-0.3, -0.25) is 4.79 Å². The van der Waals surface area contributed by atoms with Crippen LogP contribution in [0.1, 0.15) is 69.1 Å². The summed E-state index contributed by atoms with van der Waals surface area (Å²) < 4.78 is 67.1. The summed E-state index contributed by atoms with van der Waals surface area (Å²) in [7, 11) is 1.24. The molecule has 0 spiro atoms. The van der Waals surface area contributed by atoms with Crippen LogP contribution in [0.15, 0.2) is 182 Å². The first kappa shape index (κ1) is 52.8. The number of benzene rings is 6. The smallest absolute Gasteiger partial charge is 0.338 e. The quantitative estimate of drug-likeness (QED) is 0.0624. The molecule has 0 bridgehead atoms. The van der Waals surface area contributed by atoms with Crippen molar-refractivity contribution in [2.45, 2.75) is 68.3 Å². The summed E-state index contributed by atoms with van der Waals surface area (Å²) in [4.78, 5) is 96.4. The van der Waals surface area contributed by atoms with E-state index in [0.29, 0.717) is 0 Å². The summed E-state index contributed by atoms with van der Waals surface area (Å²) in [5, 5.41) is 0. The van der Waals surface area contributed by atoms with Crippen molar-refractivity contribution in [3.8, 4) is 0 Å².